The molecule has 0 aromatic heterocycles. The molecule has 1 saturated heterocycles. The molecule has 1 heterocycles. The van der Waals surface area contributed by atoms with E-state index in [0.29, 0.717) is 13.0 Å². The molecule has 3 heteroatoms. The highest BCUT2D eigenvalue weighted by Gasteiger charge is 2.31. The Kier molecular flexibility index (Phi) is 2.69. The third-order valence-corrected chi connectivity index (χ3v) is 2.46. The van der Waals surface area contributed by atoms with E-state index < -0.39 is 0 Å². The van der Waals surface area contributed by atoms with Crippen LogP contribution in [0, 0.1) is 17.2 Å². The summed E-state index contributed by atoms with van der Waals surface area (Å²) in [5.74, 6) is 0.0578. The van der Waals surface area contributed by atoms with Gasteiger partial charge in [0.15, 0.2) is 0 Å². The molecule has 0 aliphatic carbocycles. The first-order valence-electron chi connectivity index (χ1n) is 4.38. The van der Waals surface area contributed by atoms with Gasteiger partial charge < -0.3 is 4.90 Å². The summed E-state index contributed by atoms with van der Waals surface area (Å²) in [7, 11) is 0. The van der Waals surface area contributed by atoms with Crippen molar-refractivity contribution >= 4 is 5.91 Å². The summed E-state index contributed by atoms with van der Waals surface area (Å²) in [6.45, 7) is 4.71. The van der Waals surface area contributed by atoms with Crippen LogP contribution in [-0.2, 0) is 4.79 Å². The van der Waals surface area contributed by atoms with Crippen LogP contribution < -0.4 is 0 Å². The van der Waals surface area contributed by atoms with Gasteiger partial charge in [0.2, 0.25) is 5.91 Å². The van der Waals surface area contributed by atoms with E-state index in [-0.39, 0.29) is 17.9 Å². The maximum Gasteiger partial charge on any atom is 0.224 e. The van der Waals surface area contributed by atoms with Crippen LogP contribution >= 0.6 is 0 Å². The second-order valence-electron chi connectivity index (χ2n) is 3.33. The molecule has 1 aliphatic heterocycles. The molecule has 3 nitrogen and oxygen atoms in total. The number of hydrogen-bond acceptors (Lipinski definition) is 2. The Morgan fingerprint density at radius 2 is 2.50 bits per heavy atom. The second-order valence-corrected chi connectivity index (χ2v) is 3.33. The van der Waals surface area contributed by atoms with Gasteiger partial charge in [-0.1, -0.05) is 6.92 Å². The monoisotopic (exact) mass is 166 g/mol. The molecular formula is C9H14N2O. The van der Waals surface area contributed by atoms with Crippen molar-refractivity contribution in [3.8, 4) is 6.07 Å². The Labute approximate surface area is 73.0 Å². The van der Waals surface area contributed by atoms with Crippen LogP contribution in [0.25, 0.3) is 0 Å². The summed E-state index contributed by atoms with van der Waals surface area (Å²) in [5, 5.41) is 8.63. The van der Waals surface area contributed by atoms with E-state index in [9.17, 15) is 4.79 Å². The van der Waals surface area contributed by atoms with Crippen LogP contribution in [0.15, 0.2) is 0 Å². The van der Waals surface area contributed by atoms with Crippen molar-refractivity contribution in [3.05, 3.63) is 0 Å². The van der Waals surface area contributed by atoms with Crippen molar-refractivity contribution in [2.75, 3.05) is 6.54 Å². The summed E-state index contributed by atoms with van der Waals surface area (Å²) in [4.78, 5) is 13.1. The second kappa shape index (κ2) is 3.57. The molecule has 0 bridgehead atoms. The molecule has 0 saturated carbocycles. The molecule has 1 amide bonds. The van der Waals surface area contributed by atoms with Gasteiger partial charge in [0.25, 0.3) is 0 Å². The van der Waals surface area contributed by atoms with Crippen LogP contribution in [0.5, 0.6) is 0 Å². The lowest BCUT2D eigenvalue weighted by molar-refractivity contribution is -0.129. The van der Waals surface area contributed by atoms with Crippen molar-refractivity contribution in [2.24, 2.45) is 5.92 Å². The Morgan fingerprint density at radius 3 is 2.92 bits per heavy atom. The first-order chi connectivity index (χ1) is 5.69. The van der Waals surface area contributed by atoms with Crippen LogP contribution in [0.1, 0.15) is 26.7 Å². The van der Waals surface area contributed by atoms with Gasteiger partial charge in [-0.05, 0) is 13.3 Å². The van der Waals surface area contributed by atoms with E-state index in [1.165, 1.54) is 0 Å². The van der Waals surface area contributed by atoms with Crippen LogP contribution in [0.2, 0.25) is 0 Å². The number of carbonyl (C=O) groups excluding carboxylic acids is 1. The fraction of sp³-hybridized carbons (Fsp3) is 0.778. The standard InChI is InChI=1S/C9H14N2O/c1-3-7(2)11-6-8(5-10)4-9(11)12/h7-8H,3-4,6H2,1-2H3. The van der Waals surface area contributed by atoms with Crippen molar-refractivity contribution in [1.29, 1.82) is 5.26 Å². The Morgan fingerprint density at radius 1 is 1.83 bits per heavy atom. The predicted molar refractivity (Wildman–Crippen MR) is 45.2 cm³/mol. The van der Waals surface area contributed by atoms with E-state index in [0.717, 1.165) is 6.42 Å². The van der Waals surface area contributed by atoms with Gasteiger partial charge in [0, 0.05) is 19.0 Å². The van der Waals surface area contributed by atoms with Gasteiger partial charge in [-0.25, -0.2) is 0 Å². The number of nitrogens with zero attached hydrogens (tertiary/aromatic N) is 2. The molecule has 1 rings (SSSR count). The van der Waals surface area contributed by atoms with E-state index in [1.807, 2.05) is 11.8 Å². The Bertz CT molecular complexity index is 219. The van der Waals surface area contributed by atoms with Gasteiger partial charge in [-0.2, -0.15) is 5.26 Å². The third-order valence-electron chi connectivity index (χ3n) is 2.46. The topological polar surface area (TPSA) is 44.1 Å². The molecule has 0 radical (unpaired) electrons. The summed E-state index contributed by atoms with van der Waals surface area (Å²) in [5.41, 5.74) is 0. The van der Waals surface area contributed by atoms with E-state index in [1.54, 1.807) is 0 Å². The molecule has 0 N–H and O–H groups in total. The molecule has 66 valence electrons. The fourth-order valence-electron chi connectivity index (χ4n) is 1.46. The van der Waals surface area contributed by atoms with Gasteiger partial charge in [0.1, 0.15) is 0 Å². The zero-order valence-corrected chi connectivity index (χ0v) is 7.58. The normalized spacial score (nSPS) is 25.6. The van der Waals surface area contributed by atoms with Crippen molar-refractivity contribution in [2.45, 2.75) is 32.7 Å². The smallest absolute Gasteiger partial charge is 0.224 e. The van der Waals surface area contributed by atoms with Gasteiger partial charge in [0.05, 0.1) is 12.0 Å². The number of carbonyl (C=O) groups is 1. The van der Waals surface area contributed by atoms with Crippen molar-refractivity contribution in [3.63, 3.8) is 0 Å². The zero-order valence-electron chi connectivity index (χ0n) is 7.58. The Hall–Kier alpha value is -1.04. The van der Waals surface area contributed by atoms with E-state index in [4.69, 9.17) is 5.26 Å². The lowest BCUT2D eigenvalue weighted by Crippen LogP contribution is -2.33. The maximum atomic E-state index is 11.3. The summed E-state index contributed by atoms with van der Waals surface area (Å²) in [6, 6.07) is 2.43. The number of nitriles is 1. The maximum absolute atomic E-state index is 11.3. The summed E-state index contributed by atoms with van der Waals surface area (Å²) < 4.78 is 0. The molecule has 1 fully saturated rings. The number of hydrogen-bond donors (Lipinski definition) is 0. The predicted octanol–water partition coefficient (Wildman–Crippen LogP) is 1.16. The molecule has 0 spiro atoms. The minimum atomic E-state index is -0.0773. The average molecular weight is 166 g/mol. The lowest BCUT2D eigenvalue weighted by Gasteiger charge is -2.22. The van der Waals surface area contributed by atoms with Gasteiger partial charge in [-0.3, -0.25) is 4.79 Å². The largest absolute Gasteiger partial charge is 0.339 e. The van der Waals surface area contributed by atoms with Crippen molar-refractivity contribution < 1.29 is 4.79 Å². The molecule has 12 heavy (non-hydrogen) atoms. The molecule has 1 aliphatic rings. The fourth-order valence-corrected chi connectivity index (χ4v) is 1.46. The van der Waals surface area contributed by atoms with Crippen LogP contribution in [-0.4, -0.2) is 23.4 Å². The highest BCUT2D eigenvalue weighted by molar-refractivity contribution is 5.79. The lowest BCUT2D eigenvalue weighted by atomic mass is 10.1. The zero-order chi connectivity index (χ0) is 9.14. The van der Waals surface area contributed by atoms with Gasteiger partial charge in [-0.15, -0.1) is 0 Å². The molecular weight excluding hydrogens is 152 g/mol. The molecule has 0 aromatic carbocycles. The number of likely N-dealkylation sites (tertiary alicyclic amines) is 1. The molecule has 2 atom stereocenters. The van der Waals surface area contributed by atoms with Crippen LogP contribution in [0.4, 0.5) is 0 Å². The van der Waals surface area contributed by atoms with E-state index >= 15 is 0 Å². The van der Waals surface area contributed by atoms with Crippen molar-refractivity contribution in [1.82, 2.24) is 4.90 Å². The minimum Gasteiger partial charge on any atom is -0.339 e. The molecule has 2 unspecified atom stereocenters. The summed E-state index contributed by atoms with van der Waals surface area (Å²) >= 11 is 0. The highest BCUT2D eigenvalue weighted by Crippen LogP contribution is 2.20. The molecule has 0 aromatic rings. The number of rotatable bonds is 2. The SMILES string of the molecule is CCC(C)N1CC(C#N)CC1=O. The van der Waals surface area contributed by atoms with E-state index in [2.05, 4.69) is 13.0 Å². The third kappa shape index (κ3) is 1.58. The quantitative estimate of drug-likeness (QED) is 0.617. The van der Waals surface area contributed by atoms with Crippen LogP contribution in [0.3, 0.4) is 0 Å². The van der Waals surface area contributed by atoms with Gasteiger partial charge >= 0.3 is 0 Å². The number of amides is 1. The average Bonchev–Trinajstić information content (AvgIpc) is 2.45. The minimum absolute atomic E-state index is 0.0773. The Balaban J connectivity index is 2.59. The first-order valence-corrected chi connectivity index (χ1v) is 4.38. The summed E-state index contributed by atoms with van der Waals surface area (Å²) in [6.07, 6.45) is 1.38. The first kappa shape index (κ1) is 9.05. The highest BCUT2D eigenvalue weighted by atomic mass is 16.2.